The number of carbonyl (C=O) groups excluding carboxylic acids is 1. The average Bonchev–Trinajstić information content (AvgIpc) is 2.62. The molecule has 0 atom stereocenters. The Balaban J connectivity index is 0.000000361. The Hall–Kier alpha value is -2.87. The third-order valence-corrected chi connectivity index (χ3v) is 2.88. The van der Waals surface area contributed by atoms with E-state index in [2.05, 4.69) is 31.9 Å². The summed E-state index contributed by atoms with van der Waals surface area (Å²) in [5.41, 5.74) is 3.12. The second-order valence-electron chi connectivity index (χ2n) is 6.50. The van der Waals surface area contributed by atoms with Crippen LogP contribution in [0.4, 0.5) is 0 Å². The van der Waals surface area contributed by atoms with Gasteiger partial charge < -0.3 is 4.74 Å². The lowest BCUT2D eigenvalue weighted by atomic mass is 10.1. The zero-order valence-electron chi connectivity index (χ0n) is 16.4. The van der Waals surface area contributed by atoms with Gasteiger partial charge in [0.1, 0.15) is 5.60 Å². The molecular weight excluding hydrogens is 320 g/mol. The van der Waals surface area contributed by atoms with Crippen molar-refractivity contribution in [3.05, 3.63) is 97.6 Å². The summed E-state index contributed by atoms with van der Waals surface area (Å²) >= 11 is 0. The van der Waals surface area contributed by atoms with Crippen LogP contribution in [-0.4, -0.2) is 11.6 Å². The van der Waals surface area contributed by atoms with Gasteiger partial charge in [-0.2, -0.15) is 0 Å². The SMILES string of the molecule is C=C(C)c1ccccc1.C=CC(=O)OC(C)(C)C.C=Cc1ccccc1. The van der Waals surface area contributed by atoms with E-state index in [1.807, 2.05) is 82.3 Å². The summed E-state index contributed by atoms with van der Waals surface area (Å²) in [6.07, 6.45) is 2.99. The highest BCUT2D eigenvalue weighted by Crippen LogP contribution is 2.08. The summed E-state index contributed by atoms with van der Waals surface area (Å²) < 4.78 is 4.83. The topological polar surface area (TPSA) is 26.3 Å². The summed E-state index contributed by atoms with van der Waals surface area (Å²) in [6.45, 7) is 18.2. The van der Waals surface area contributed by atoms with Gasteiger partial charge >= 0.3 is 5.97 Å². The van der Waals surface area contributed by atoms with E-state index in [4.69, 9.17) is 4.74 Å². The number of rotatable bonds is 3. The van der Waals surface area contributed by atoms with Crippen LogP contribution in [0, 0.1) is 0 Å². The Morgan fingerprint density at radius 3 is 1.62 bits per heavy atom. The second-order valence-corrected chi connectivity index (χ2v) is 6.50. The Bertz CT molecular complexity index is 677. The minimum Gasteiger partial charge on any atom is -0.457 e. The van der Waals surface area contributed by atoms with E-state index in [-0.39, 0.29) is 5.97 Å². The standard InChI is InChI=1S/C9H10.C8H8.C7H12O2/c1-8(2)9-6-4-3-5-7-9;1-2-8-6-4-3-5-7-8;1-5-6(8)9-7(2,3)4/h3-7H,1H2,2H3;2-7H,1H2;5H,1H2,2-4H3. The predicted octanol–water partition coefficient (Wildman–Crippen LogP) is 6.56. The fourth-order valence-electron chi connectivity index (χ4n) is 1.66. The van der Waals surface area contributed by atoms with Gasteiger partial charge in [0.2, 0.25) is 0 Å². The summed E-state index contributed by atoms with van der Waals surface area (Å²) in [7, 11) is 0. The van der Waals surface area contributed by atoms with Crippen LogP contribution in [0.5, 0.6) is 0 Å². The number of esters is 1. The van der Waals surface area contributed by atoms with Gasteiger partial charge in [0, 0.05) is 6.08 Å². The third kappa shape index (κ3) is 12.5. The number of allylic oxidation sites excluding steroid dienone is 1. The lowest BCUT2D eigenvalue weighted by Gasteiger charge is -2.17. The van der Waals surface area contributed by atoms with Crippen molar-refractivity contribution in [3.8, 4) is 0 Å². The molecule has 0 aliphatic heterocycles. The Morgan fingerprint density at radius 2 is 1.38 bits per heavy atom. The zero-order valence-corrected chi connectivity index (χ0v) is 16.4. The lowest BCUT2D eigenvalue weighted by Crippen LogP contribution is -2.22. The quantitative estimate of drug-likeness (QED) is 0.462. The van der Waals surface area contributed by atoms with E-state index in [1.54, 1.807) is 0 Å². The first-order valence-corrected chi connectivity index (χ1v) is 8.43. The largest absolute Gasteiger partial charge is 0.457 e. The van der Waals surface area contributed by atoms with Gasteiger partial charge in [-0.3, -0.25) is 0 Å². The maximum absolute atomic E-state index is 10.5. The molecule has 0 aliphatic rings. The molecule has 2 nitrogen and oxygen atoms in total. The number of ether oxygens (including phenoxy) is 1. The van der Waals surface area contributed by atoms with Crippen LogP contribution >= 0.6 is 0 Å². The van der Waals surface area contributed by atoms with Gasteiger partial charge in [-0.15, -0.1) is 0 Å². The average molecular weight is 351 g/mol. The molecule has 0 aromatic heterocycles. The highest BCUT2D eigenvalue weighted by Gasteiger charge is 2.12. The van der Waals surface area contributed by atoms with Crippen molar-refractivity contribution in [2.45, 2.75) is 33.3 Å². The Labute approximate surface area is 158 Å². The van der Waals surface area contributed by atoms with Crippen LogP contribution < -0.4 is 0 Å². The van der Waals surface area contributed by atoms with Crippen molar-refractivity contribution in [3.63, 3.8) is 0 Å². The summed E-state index contributed by atoms with van der Waals surface area (Å²) in [5, 5.41) is 0. The van der Waals surface area contributed by atoms with Crippen molar-refractivity contribution in [2.75, 3.05) is 0 Å². The molecule has 2 heteroatoms. The first-order valence-electron chi connectivity index (χ1n) is 8.43. The highest BCUT2D eigenvalue weighted by molar-refractivity contribution is 5.81. The lowest BCUT2D eigenvalue weighted by molar-refractivity contribution is -0.148. The van der Waals surface area contributed by atoms with Crippen molar-refractivity contribution in [1.29, 1.82) is 0 Å². The van der Waals surface area contributed by atoms with Crippen molar-refractivity contribution in [1.82, 2.24) is 0 Å². The normalized spacial score (nSPS) is 9.38. The second kappa shape index (κ2) is 12.5. The number of carbonyl (C=O) groups is 1. The molecule has 2 aromatic rings. The molecule has 2 aromatic carbocycles. The minimum absolute atomic E-state index is 0.373. The summed E-state index contributed by atoms with van der Waals surface area (Å²) in [6, 6.07) is 20.2. The van der Waals surface area contributed by atoms with E-state index >= 15 is 0 Å². The van der Waals surface area contributed by atoms with Crippen LogP contribution in [0.15, 0.2) is 86.5 Å². The van der Waals surface area contributed by atoms with Crippen LogP contribution in [0.25, 0.3) is 11.6 Å². The molecule has 138 valence electrons. The molecule has 2 rings (SSSR count). The predicted molar refractivity (Wildman–Crippen MR) is 114 cm³/mol. The van der Waals surface area contributed by atoms with Crippen molar-refractivity contribution >= 4 is 17.6 Å². The molecule has 0 saturated heterocycles. The molecule has 0 radical (unpaired) electrons. The molecule has 0 fully saturated rings. The van der Waals surface area contributed by atoms with E-state index < -0.39 is 5.60 Å². The molecule has 0 aliphatic carbocycles. The van der Waals surface area contributed by atoms with E-state index in [0.29, 0.717) is 0 Å². The van der Waals surface area contributed by atoms with Crippen molar-refractivity contribution < 1.29 is 9.53 Å². The van der Waals surface area contributed by atoms with Gasteiger partial charge in [0.05, 0.1) is 0 Å². The molecule has 0 bridgehead atoms. The monoisotopic (exact) mass is 350 g/mol. The van der Waals surface area contributed by atoms with Gasteiger partial charge in [0.15, 0.2) is 0 Å². The molecule has 0 amide bonds. The molecule has 0 unspecified atom stereocenters. The van der Waals surface area contributed by atoms with Gasteiger partial charge in [-0.1, -0.05) is 92.0 Å². The Kier molecular flexibility index (Phi) is 11.1. The molecular formula is C24H30O2. The Morgan fingerprint density at radius 1 is 0.923 bits per heavy atom. The molecule has 0 N–H and O–H groups in total. The van der Waals surface area contributed by atoms with Gasteiger partial charge in [0.25, 0.3) is 0 Å². The summed E-state index contributed by atoms with van der Waals surface area (Å²) in [5.74, 6) is -0.373. The highest BCUT2D eigenvalue weighted by atomic mass is 16.6. The first kappa shape index (κ1) is 23.1. The molecule has 26 heavy (non-hydrogen) atoms. The van der Waals surface area contributed by atoms with Crippen LogP contribution in [0.3, 0.4) is 0 Å². The zero-order chi connectivity index (χ0) is 20.0. The third-order valence-electron chi connectivity index (χ3n) is 2.88. The van der Waals surface area contributed by atoms with E-state index in [1.165, 1.54) is 11.1 Å². The van der Waals surface area contributed by atoms with E-state index in [9.17, 15) is 4.79 Å². The number of hydrogen-bond acceptors (Lipinski definition) is 2. The molecule has 0 heterocycles. The smallest absolute Gasteiger partial charge is 0.330 e. The fourth-order valence-corrected chi connectivity index (χ4v) is 1.66. The van der Waals surface area contributed by atoms with Gasteiger partial charge in [-0.25, -0.2) is 4.79 Å². The maximum Gasteiger partial charge on any atom is 0.330 e. The number of benzene rings is 2. The maximum atomic E-state index is 10.5. The molecule has 0 spiro atoms. The summed E-state index contributed by atoms with van der Waals surface area (Å²) in [4.78, 5) is 10.5. The minimum atomic E-state index is -0.398. The van der Waals surface area contributed by atoms with Crippen molar-refractivity contribution in [2.24, 2.45) is 0 Å². The van der Waals surface area contributed by atoms with Crippen LogP contribution in [0.1, 0.15) is 38.8 Å². The van der Waals surface area contributed by atoms with Crippen LogP contribution in [0.2, 0.25) is 0 Å². The fraction of sp³-hybridized carbons (Fsp3) is 0.208. The van der Waals surface area contributed by atoms with Crippen LogP contribution in [-0.2, 0) is 9.53 Å². The number of hydrogen-bond donors (Lipinski definition) is 0. The van der Waals surface area contributed by atoms with E-state index in [0.717, 1.165) is 11.6 Å². The first-order chi connectivity index (χ1) is 12.2. The molecule has 0 saturated carbocycles. The van der Waals surface area contributed by atoms with Gasteiger partial charge in [-0.05, 0) is 38.8 Å².